The van der Waals surface area contributed by atoms with E-state index in [9.17, 15) is 0 Å². The van der Waals surface area contributed by atoms with Crippen molar-refractivity contribution in [1.82, 2.24) is 15.1 Å². The van der Waals surface area contributed by atoms with E-state index < -0.39 is 0 Å². The van der Waals surface area contributed by atoms with Crippen LogP contribution < -0.4 is 10.5 Å². The standard InChI is InChI=1S/C18H22N4O/c1-12-8-14-9-13(2-5-18(14)23-12)17-4-3-16(20-21-17)11-22-7-6-15(19)10-22/h2-5,9,12,15H,6-8,10-11,19H2,1H3. The molecule has 1 fully saturated rings. The van der Waals surface area contributed by atoms with Crippen molar-refractivity contribution < 1.29 is 4.74 Å². The Morgan fingerprint density at radius 3 is 2.91 bits per heavy atom. The fourth-order valence-electron chi connectivity index (χ4n) is 3.41. The molecule has 2 aliphatic rings. The summed E-state index contributed by atoms with van der Waals surface area (Å²) < 4.78 is 5.75. The van der Waals surface area contributed by atoms with Crippen molar-refractivity contribution in [3.8, 4) is 17.0 Å². The van der Waals surface area contributed by atoms with Crippen molar-refractivity contribution in [1.29, 1.82) is 0 Å². The molecule has 0 aliphatic carbocycles. The molecule has 0 amide bonds. The minimum Gasteiger partial charge on any atom is -0.490 e. The molecule has 0 bridgehead atoms. The van der Waals surface area contributed by atoms with Gasteiger partial charge in [-0.1, -0.05) is 0 Å². The SMILES string of the molecule is CC1Cc2cc(-c3ccc(CN4CCC(N)C4)nn3)ccc2O1. The molecule has 0 spiro atoms. The molecule has 2 N–H and O–H groups in total. The first-order chi connectivity index (χ1) is 11.2. The highest BCUT2D eigenvalue weighted by atomic mass is 16.5. The maximum atomic E-state index is 5.95. The summed E-state index contributed by atoms with van der Waals surface area (Å²) in [5.41, 5.74) is 10.2. The van der Waals surface area contributed by atoms with Crippen molar-refractivity contribution in [2.24, 2.45) is 5.73 Å². The van der Waals surface area contributed by atoms with E-state index in [2.05, 4.69) is 46.3 Å². The zero-order valence-corrected chi connectivity index (χ0v) is 13.4. The first kappa shape index (κ1) is 14.6. The lowest BCUT2D eigenvalue weighted by Crippen LogP contribution is -2.26. The Balaban J connectivity index is 1.49. The van der Waals surface area contributed by atoms with Crippen molar-refractivity contribution in [2.75, 3.05) is 13.1 Å². The van der Waals surface area contributed by atoms with E-state index in [1.54, 1.807) is 0 Å². The molecule has 3 heterocycles. The molecule has 2 aromatic rings. The zero-order chi connectivity index (χ0) is 15.8. The summed E-state index contributed by atoms with van der Waals surface area (Å²) in [5, 5.41) is 8.79. The number of rotatable bonds is 3. The molecule has 5 heteroatoms. The van der Waals surface area contributed by atoms with Gasteiger partial charge in [0.05, 0.1) is 11.4 Å². The third kappa shape index (κ3) is 3.07. The van der Waals surface area contributed by atoms with Crippen LogP contribution in [0.15, 0.2) is 30.3 Å². The molecule has 1 aromatic carbocycles. The molecule has 2 unspecified atom stereocenters. The quantitative estimate of drug-likeness (QED) is 0.939. The number of ether oxygens (including phenoxy) is 1. The van der Waals surface area contributed by atoms with E-state index in [4.69, 9.17) is 10.5 Å². The summed E-state index contributed by atoms with van der Waals surface area (Å²) in [5.74, 6) is 0.996. The van der Waals surface area contributed by atoms with Crippen molar-refractivity contribution >= 4 is 0 Å². The molecule has 0 radical (unpaired) electrons. The second kappa shape index (κ2) is 5.91. The van der Waals surface area contributed by atoms with E-state index >= 15 is 0 Å². The van der Waals surface area contributed by atoms with Crippen molar-refractivity contribution in [3.05, 3.63) is 41.6 Å². The molecule has 0 saturated carbocycles. The topological polar surface area (TPSA) is 64.3 Å². The number of benzene rings is 1. The summed E-state index contributed by atoms with van der Waals surface area (Å²) in [7, 11) is 0. The van der Waals surface area contributed by atoms with Crippen LogP contribution in [0, 0.1) is 0 Å². The average Bonchev–Trinajstić information content (AvgIpc) is 3.11. The molecule has 4 rings (SSSR count). The Kier molecular flexibility index (Phi) is 3.75. The van der Waals surface area contributed by atoms with Gasteiger partial charge >= 0.3 is 0 Å². The van der Waals surface area contributed by atoms with E-state index in [-0.39, 0.29) is 6.10 Å². The minimum absolute atomic E-state index is 0.264. The van der Waals surface area contributed by atoms with Crippen LogP contribution in [0.3, 0.4) is 0 Å². The van der Waals surface area contributed by atoms with Gasteiger partial charge in [-0.2, -0.15) is 10.2 Å². The summed E-state index contributed by atoms with van der Waals surface area (Å²) in [6.45, 7) is 4.93. The van der Waals surface area contributed by atoms with Crippen LogP contribution in [0.5, 0.6) is 5.75 Å². The highest BCUT2D eigenvalue weighted by Gasteiger charge is 2.20. The Labute approximate surface area is 136 Å². The Morgan fingerprint density at radius 2 is 2.17 bits per heavy atom. The summed E-state index contributed by atoms with van der Waals surface area (Å²) in [6, 6.07) is 10.7. The normalized spacial score (nSPS) is 23.7. The average molecular weight is 310 g/mol. The van der Waals surface area contributed by atoms with Gasteiger partial charge in [-0.25, -0.2) is 0 Å². The van der Waals surface area contributed by atoms with Crippen LogP contribution >= 0.6 is 0 Å². The highest BCUT2D eigenvalue weighted by molar-refractivity contribution is 5.62. The van der Waals surface area contributed by atoms with Crippen molar-refractivity contribution in [2.45, 2.75) is 38.5 Å². The van der Waals surface area contributed by atoms with Gasteiger partial charge in [0.15, 0.2) is 0 Å². The molecule has 1 saturated heterocycles. The van der Waals surface area contributed by atoms with Gasteiger partial charge in [-0.05, 0) is 49.2 Å². The lowest BCUT2D eigenvalue weighted by atomic mass is 10.0. The van der Waals surface area contributed by atoms with Gasteiger partial charge in [0.1, 0.15) is 11.9 Å². The van der Waals surface area contributed by atoms with E-state index in [0.29, 0.717) is 6.04 Å². The molecule has 1 aromatic heterocycles. The Bertz CT molecular complexity index is 701. The number of hydrogen-bond donors (Lipinski definition) is 1. The summed E-state index contributed by atoms with van der Waals surface area (Å²) in [6.07, 6.45) is 2.30. The van der Waals surface area contributed by atoms with Crippen molar-refractivity contribution in [3.63, 3.8) is 0 Å². The van der Waals surface area contributed by atoms with Gasteiger partial charge in [0.25, 0.3) is 0 Å². The lowest BCUT2D eigenvalue weighted by Gasteiger charge is -2.14. The number of likely N-dealkylation sites (tertiary alicyclic amines) is 1. The molecule has 120 valence electrons. The molecule has 23 heavy (non-hydrogen) atoms. The third-order valence-electron chi connectivity index (χ3n) is 4.61. The zero-order valence-electron chi connectivity index (χ0n) is 13.4. The largest absolute Gasteiger partial charge is 0.490 e. The summed E-state index contributed by atoms with van der Waals surface area (Å²) >= 11 is 0. The number of nitrogens with two attached hydrogens (primary N) is 1. The number of aromatic nitrogens is 2. The van der Waals surface area contributed by atoms with Crippen LogP contribution in [0.1, 0.15) is 24.6 Å². The van der Waals surface area contributed by atoms with Gasteiger partial charge in [-0.3, -0.25) is 4.90 Å². The maximum Gasteiger partial charge on any atom is 0.123 e. The van der Waals surface area contributed by atoms with E-state index in [1.807, 2.05) is 6.07 Å². The smallest absolute Gasteiger partial charge is 0.123 e. The minimum atomic E-state index is 0.264. The number of fused-ring (bicyclic) bond motifs is 1. The lowest BCUT2D eigenvalue weighted by molar-refractivity contribution is 0.254. The first-order valence-electron chi connectivity index (χ1n) is 8.28. The molecule has 5 nitrogen and oxygen atoms in total. The molecular weight excluding hydrogens is 288 g/mol. The van der Waals surface area contributed by atoms with E-state index in [0.717, 1.165) is 55.2 Å². The molecule has 2 atom stereocenters. The fourth-order valence-corrected chi connectivity index (χ4v) is 3.41. The summed E-state index contributed by atoms with van der Waals surface area (Å²) in [4.78, 5) is 2.34. The number of hydrogen-bond acceptors (Lipinski definition) is 5. The van der Waals surface area contributed by atoms with Gasteiger partial charge in [-0.15, -0.1) is 0 Å². The maximum absolute atomic E-state index is 5.95. The number of nitrogens with zero attached hydrogens (tertiary/aromatic N) is 3. The third-order valence-corrected chi connectivity index (χ3v) is 4.61. The van der Waals surface area contributed by atoms with E-state index in [1.165, 1.54) is 5.56 Å². The van der Waals surface area contributed by atoms with Crippen LogP contribution in [0.4, 0.5) is 0 Å². The fraction of sp³-hybridized carbons (Fsp3) is 0.444. The first-order valence-corrected chi connectivity index (χ1v) is 8.28. The second-order valence-corrected chi connectivity index (χ2v) is 6.65. The van der Waals surface area contributed by atoms with Crippen LogP contribution in [-0.2, 0) is 13.0 Å². The Morgan fingerprint density at radius 1 is 1.26 bits per heavy atom. The highest BCUT2D eigenvalue weighted by Crippen LogP contribution is 2.32. The predicted molar refractivity (Wildman–Crippen MR) is 89.1 cm³/mol. The van der Waals surface area contributed by atoms with Crippen LogP contribution in [0.25, 0.3) is 11.3 Å². The molecular formula is C18H22N4O. The monoisotopic (exact) mass is 310 g/mol. The second-order valence-electron chi connectivity index (χ2n) is 6.65. The van der Waals surface area contributed by atoms with Gasteiger partial charge < -0.3 is 10.5 Å². The van der Waals surface area contributed by atoms with Gasteiger partial charge in [0, 0.05) is 37.7 Å². The van der Waals surface area contributed by atoms with Crippen LogP contribution in [-0.4, -0.2) is 40.3 Å². The predicted octanol–water partition coefficient (Wildman–Crippen LogP) is 2.00. The molecule has 2 aliphatic heterocycles. The van der Waals surface area contributed by atoms with Gasteiger partial charge in [0.2, 0.25) is 0 Å². The Hall–Kier alpha value is -1.98. The van der Waals surface area contributed by atoms with Crippen LogP contribution in [0.2, 0.25) is 0 Å².